The van der Waals surface area contributed by atoms with Gasteiger partial charge >= 0.3 is 0 Å². The largest absolute Gasteiger partial charge is 0.494 e. The molecule has 3 N–H and O–H groups in total. The first-order valence-corrected chi connectivity index (χ1v) is 5.86. The monoisotopic (exact) mass is 240 g/mol. The van der Waals surface area contributed by atoms with E-state index in [4.69, 9.17) is 10.5 Å². The van der Waals surface area contributed by atoms with Crippen molar-refractivity contribution in [3.63, 3.8) is 0 Å². The lowest BCUT2D eigenvalue weighted by Crippen LogP contribution is -2.27. The molecule has 0 fully saturated rings. The highest BCUT2D eigenvalue weighted by Crippen LogP contribution is 2.21. The molecule has 0 amide bonds. The van der Waals surface area contributed by atoms with E-state index in [0.29, 0.717) is 18.4 Å². The van der Waals surface area contributed by atoms with E-state index in [1.807, 2.05) is 0 Å². The zero-order valence-corrected chi connectivity index (χ0v) is 10.7. The van der Waals surface area contributed by atoms with Crippen LogP contribution in [0.25, 0.3) is 0 Å². The Morgan fingerprint density at radius 1 is 1.41 bits per heavy atom. The Bertz CT molecular complexity index is 355. The standard InChI is InChI=1S/C13H21FN2O/c1-9(2)10(7-15)8-16-11-4-5-13(17-3)12(14)6-11/h4-6,9-10,16H,7-8,15H2,1-3H3. The molecule has 0 heterocycles. The summed E-state index contributed by atoms with van der Waals surface area (Å²) in [5.74, 6) is 0.803. The number of hydrogen-bond acceptors (Lipinski definition) is 3. The predicted molar refractivity (Wildman–Crippen MR) is 68.8 cm³/mol. The molecule has 0 saturated heterocycles. The summed E-state index contributed by atoms with van der Waals surface area (Å²) in [5.41, 5.74) is 6.43. The van der Waals surface area contributed by atoms with Crippen LogP contribution < -0.4 is 15.8 Å². The molecule has 17 heavy (non-hydrogen) atoms. The maximum absolute atomic E-state index is 13.4. The van der Waals surface area contributed by atoms with Crippen molar-refractivity contribution in [3.8, 4) is 5.75 Å². The summed E-state index contributed by atoms with van der Waals surface area (Å²) in [6, 6.07) is 4.85. The summed E-state index contributed by atoms with van der Waals surface area (Å²) in [7, 11) is 1.45. The molecule has 1 atom stereocenters. The molecule has 0 aliphatic carbocycles. The van der Waals surface area contributed by atoms with Crippen molar-refractivity contribution in [1.29, 1.82) is 0 Å². The van der Waals surface area contributed by atoms with Crippen molar-refractivity contribution in [2.24, 2.45) is 17.6 Å². The van der Waals surface area contributed by atoms with Crippen molar-refractivity contribution >= 4 is 5.69 Å². The van der Waals surface area contributed by atoms with Crippen molar-refractivity contribution in [2.75, 3.05) is 25.5 Å². The predicted octanol–water partition coefficient (Wildman–Crippen LogP) is 2.48. The number of rotatable bonds is 6. The molecule has 1 aromatic rings. The molecule has 1 aromatic carbocycles. The highest BCUT2D eigenvalue weighted by molar-refractivity contribution is 5.47. The van der Waals surface area contributed by atoms with Gasteiger partial charge in [-0.25, -0.2) is 4.39 Å². The van der Waals surface area contributed by atoms with Gasteiger partial charge in [0.25, 0.3) is 0 Å². The van der Waals surface area contributed by atoms with Crippen LogP contribution in [-0.4, -0.2) is 20.2 Å². The Morgan fingerprint density at radius 3 is 2.59 bits per heavy atom. The Morgan fingerprint density at radius 2 is 2.12 bits per heavy atom. The Hall–Kier alpha value is -1.29. The fraction of sp³-hybridized carbons (Fsp3) is 0.538. The normalized spacial score (nSPS) is 12.6. The maximum atomic E-state index is 13.4. The minimum absolute atomic E-state index is 0.259. The van der Waals surface area contributed by atoms with Crippen molar-refractivity contribution in [2.45, 2.75) is 13.8 Å². The first kappa shape index (κ1) is 13.8. The smallest absolute Gasteiger partial charge is 0.167 e. The summed E-state index contributed by atoms with van der Waals surface area (Å²) in [6.07, 6.45) is 0. The van der Waals surface area contributed by atoms with Gasteiger partial charge in [0, 0.05) is 18.3 Å². The topological polar surface area (TPSA) is 47.3 Å². The van der Waals surface area contributed by atoms with Crippen LogP contribution in [0.3, 0.4) is 0 Å². The average molecular weight is 240 g/mol. The Labute approximate surface area is 102 Å². The molecule has 0 bridgehead atoms. The van der Waals surface area contributed by atoms with Gasteiger partial charge < -0.3 is 15.8 Å². The molecule has 1 unspecified atom stereocenters. The summed E-state index contributed by atoms with van der Waals surface area (Å²) >= 11 is 0. The zero-order chi connectivity index (χ0) is 12.8. The number of hydrogen-bond donors (Lipinski definition) is 2. The van der Waals surface area contributed by atoms with Crippen LogP contribution in [0.4, 0.5) is 10.1 Å². The second-order valence-corrected chi connectivity index (χ2v) is 4.47. The first-order valence-electron chi connectivity index (χ1n) is 5.86. The summed E-state index contributed by atoms with van der Waals surface area (Å²) in [6.45, 7) is 5.64. The van der Waals surface area contributed by atoms with Crippen LogP contribution in [0.1, 0.15) is 13.8 Å². The third kappa shape index (κ3) is 3.89. The van der Waals surface area contributed by atoms with E-state index in [1.54, 1.807) is 12.1 Å². The van der Waals surface area contributed by atoms with Crippen molar-refractivity contribution in [1.82, 2.24) is 0 Å². The molecular weight excluding hydrogens is 219 g/mol. The molecule has 1 rings (SSSR count). The molecule has 3 nitrogen and oxygen atoms in total. The Balaban J connectivity index is 2.60. The van der Waals surface area contributed by atoms with Gasteiger partial charge in [-0.2, -0.15) is 0 Å². The van der Waals surface area contributed by atoms with Crippen LogP contribution in [0.5, 0.6) is 5.75 Å². The zero-order valence-electron chi connectivity index (χ0n) is 10.7. The van der Waals surface area contributed by atoms with E-state index in [2.05, 4.69) is 19.2 Å². The van der Waals surface area contributed by atoms with E-state index in [9.17, 15) is 4.39 Å². The van der Waals surface area contributed by atoms with Crippen LogP contribution in [0.15, 0.2) is 18.2 Å². The summed E-state index contributed by atoms with van der Waals surface area (Å²) < 4.78 is 18.3. The lowest BCUT2D eigenvalue weighted by molar-refractivity contribution is 0.386. The first-order chi connectivity index (χ1) is 8.08. The van der Waals surface area contributed by atoms with Gasteiger partial charge in [-0.3, -0.25) is 0 Å². The third-order valence-corrected chi connectivity index (χ3v) is 2.97. The number of methoxy groups -OCH3 is 1. The molecular formula is C13H21FN2O. The summed E-state index contributed by atoms with van der Waals surface area (Å²) in [4.78, 5) is 0. The minimum Gasteiger partial charge on any atom is -0.494 e. The van der Waals surface area contributed by atoms with E-state index in [1.165, 1.54) is 13.2 Å². The Kier molecular flexibility index (Phi) is 5.22. The number of benzene rings is 1. The van der Waals surface area contributed by atoms with Gasteiger partial charge in [0.2, 0.25) is 0 Å². The van der Waals surface area contributed by atoms with Crippen LogP contribution >= 0.6 is 0 Å². The van der Waals surface area contributed by atoms with E-state index in [0.717, 1.165) is 12.2 Å². The lowest BCUT2D eigenvalue weighted by Gasteiger charge is -2.20. The average Bonchev–Trinajstić information content (AvgIpc) is 2.29. The third-order valence-electron chi connectivity index (χ3n) is 2.97. The molecule has 4 heteroatoms. The number of halogens is 1. The SMILES string of the molecule is COc1ccc(NCC(CN)C(C)C)cc1F. The van der Waals surface area contributed by atoms with Gasteiger partial charge in [0.15, 0.2) is 11.6 Å². The van der Waals surface area contributed by atoms with Gasteiger partial charge in [0.1, 0.15) is 0 Å². The number of ether oxygens (including phenoxy) is 1. The van der Waals surface area contributed by atoms with Gasteiger partial charge in [-0.05, 0) is 30.5 Å². The summed E-state index contributed by atoms with van der Waals surface area (Å²) in [5, 5.41) is 3.19. The number of anilines is 1. The van der Waals surface area contributed by atoms with Crippen LogP contribution in [0.2, 0.25) is 0 Å². The molecule has 0 aliphatic rings. The van der Waals surface area contributed by atoms with Gasteiger partial charge in [-0.1, -0.05) is 13.8 Å². The highest BCUT2D eigenvalue weighted by Gasteiger charge is 2.11. The quantitative estimate of drug-likeness (QED) is 0.803. The van der Waals surface area contributed by atoms with Crippen molar-refractivity contribution < 1.29 is 9.13 Å². The highest BCUT2D eigenvalue weighted by atomic mass is 19.1. The molecule has 0 aliphatic heterocycles. The number of nitrogens with one attached hydrogen (secondary N) is 1. The molecule has 0 saturated carbocycles. The molecule has 0 radical (unpaired) electrons. The minimum atomic E-state index is -0.355. The fourth-order valence-corrected chi connectivity index (χ4v) is 1.62. The maximum Gasteiger partial charge on any atom is 0.167 e. The van der Waals surface area contributed by atoms with Crippen LogP contribution in [0, 0.1) is 17.7 Å². The molecule has 0 aromatic heterocycles. The van der Waals surface area contributed by atoms with Gasteiger partial charge in [-0.15, -0.1) is 0 Å². The lowest BCUT2D eigenvalue weighted by atomic mass is 9.96. The fourth-order valence-electron chi connectivity index (χ4n) is 1.62. The van der Waals surface area contributed by atoms with Crippen LogP contribution in [-0.2, 0) is 0 Å². The number of nitrogens with two attached hydrogens (primary N) is 1. The van der Waals surface area contributed by atoms with E-state index >= 15 is 0 Å². The molecule has 96 valence electrons. The van der Waals surface area contributed by atoms with E-state index < -0.39 is 0 Å². The second-order valence-electron chi connectivity index (χ2n) is 4.47. The van der Waals surface area contributed by atoms with Crippen molar-refractivity contribution in [3.05, 3.63) is 24.0 Å². The second kappa shape index (κ2) is 6.45. The van der Waals surface area contributed by atoms with Gasteiger partial charge in [0.05, 0.1) is 7.11 Å². The van der Waals surface area contributed by atoms with E-state index in [-0.39, 0.29) is 11.6 Å². The molecule has 0 spiro atoms.